The molecule has 88 valence electrons. The van der Waals surface area contributed by atoms with Gasteiger partial charge in [-0.3, -0.25) is 0 Å². The molecule has 0 fully saturated rings. The zero-order valence-electron chi connectivity index (χ0n) is 8.68. The lowest BCUT2D eigenvalue weighted by Gasteiger charge is -1.96. The van der Waals surface area contributed by atoms with Gasteiger partial charge in [-0.25, -0.2) is 9.97 Å². The van der Waals surface area contributed by atoms with Crippen LogP contribution >= 0.6 is 0 Å². The fraction of sp³-hybridized carbons (Fsp3) is 0.222. The van der Waals surface area contributed by atoms with E-state index >= 15 is 0 Å². The summed E-state index contributed by atoms with van der Waals surface area (Å²) in [6.45, 7) is 0. The summed E-state index contributed by atoms with van der Waals surface area (Å²) in [5, 5.41) is 0. The Morgan fingerprint density at radius 2 is 1.82 bits per heavy atom. The van der Waals surface area contributed by atoms with Crippen LogP contribution in [0.1, 0.15) is 5.69 Å². The Morgan fingerprint density at radius 3 is 2.47 bits per heavy atom. The highest BCUT2D eigenvalue weighted by molar-refractivity contribution is 5.63. The van der Waals surface area contributed by atoms with Crippen LogP contribution in [0.3, 0.4) is 0 Å². The highest BCUT2D eigenvalue weighted by Gasteiger charge is 2.44. The molecule has 0 aromatic carbocycles. The zero-order chi connectivity index (χ0) is 12.2. The van der Waals surface area contributed by atoms with Crippen molar-refractivity contribution in [3.05, 3.63) is 30.4 Å². The standard InChI is InChI=1S/C9H7F3N5/c1-15-7-8(14-4-3-13-7)16-5-2-6(17(15)16)9(10,11)12/h2-5H,1H3/q+1. The summed E-state index contributed by atoms with van der Waals surface area (Å²) in [5.41, 5.74) is 0.00361. The van der Waals surface area contributed by atoms with Crippen LogP contribution in [0.15, 0.2) is 24.7 Å². The van der Waals surface area contributed by atoms with Crippen molar-refractivity contribution in [3.8, 4) is 0 Å². The van der Waals surface area contributed by atoms with E-state index in [1.54, 1.807) is 0 Å². The number of rotatable bonds is 0. The van der Waals surface area contributed by atoms with E-state index in [9.17, 15) is 13.2 Å². The number of nitrogens with zero attached hydrogens (tertiary/aromatic N) is 5. The molecule has 0 saturated carbocycles. The summed E-state index contributed by atoms with van der Waals surface area (Å²) in [6.07, 6.45) is -0.216. The van der Waals surface area contributed by atoms with Crippen molar-refractivity contribution in [2.45, 2.75) is 6.18 Å². The Morgan fingerprint density at radius 1 is 1.18 bits per heavy atom. The predicted molar refractivity (Wildman–Crippen MR) is 50.1 cm³/mol. The van der Waals surface area contributed by atoms with Gasteiger partial charge in [-0.1, -0.05) is 4.52 Å². The lowest BCUT2D eigenvalue weighted by molar-refractivity contribution is -0.711. The van der Waals surface area contributed by atoms with E-state index in [1.807, 2.05) is 0 Å². The molecule has 17 heavy (non-hydrogen) atoms. The topological polar surface area (TPSA) is 39.2 Å². The van der Waals surface area contributed by atoms with Crippen LogP contribution in [-0.2, 0) is 13.2 Å². The van der Waals surface area contributed by atoms with Crippen molar-refractivity contribution in [2.75, 3.05) is 0 Å². The largest absolute Gasteiger partial charge is 0.483 e. The van der Waals surface area contributed by atoms with Gasteiger partial charge in [-0.05, 0) is 0 Å². The van der Waals surface area contributed by atoms with Crippen LogP contribution in [0, 0.1) is 0 Å². The van der Waals surface area contributed by atoms with Crippen molar-refractivity contribution >= 4 is 11.3 Å². The van der Waals surface area contributed by atoms with E-state index in [2.05, 4.69) is 9.97 Å². The van der Waals surface area contributed by atoms with E-state index in [-0.39, 0.29) is 0 Å². The minimum Gasteiger partial charge on any atom is -0.229 e. The molecule has 3 aromatic heterocycles. The van der Waals surface area contributed by atoms with Crippen molar-refractivity contribution in [2.24, 2.45) is 7.05 Å². The molecule has 0 amide bonds. The maximum atomic E-state index is 12.8. The zero-order valence-corrected chi connectivity index (χ0v) is 8.68. The van der Waals surface area contributed by atoms with Crippen molar-refractivity contribution in [1.82, 2.24) is 19.2 Å². The van der Waals surface area contributed by atoms with E-state index in [4.69, 9.17) is 0 Å². The third kappa shape index (κ3) is 1.23. The second kappa shape index (κ2) is 2.96. The average molecular weight is 242 g/mol. The SMILES string of the molecule is Cn1c2nccnc2n2ccc(C(F)(F)F)[n+]12. The quantitative estimate of drug-likeness (QED) is 0.548. The molecular formula is C9H7F3N5+. The van der Waals surface area contributed by atoms with Crippen LogP contribution in [0.4, 0.5) is 13.2 Å². The fourth-order valence-corrected chi connectivity index (χ4v) is 1.86. The van der Waals surface area contributed by atoms with Gasteiger partial charge in [0.2, 0.25) is 11.3 Å². The van der Waals surface area contributed by atoms with Gasteiger partial charge in [0, 0.05) is 23.1 Å². The number of aryl methyl sites for hydroxylation is 1. The van der Waals surface area contributed by atoms with E-state index in [0.717, 1.165) is 10.7 Å². The summed E-state index contributed by atoms with van der Waals surface area (Å²) in [5.74, 6) is 0. The van der Waals surface area contributed by atoms with Crippen LogP contribution in [0.2, 0.25) is 0 Å². The number of hydrogen-bond acceptors (Lipinski definition) is 2. The number of hydrogen-bond donors (Lipinski definition) is 0. The molecule has 5 nitrogen and oxygen atoms in total. The molecule has 3 heterocycles. The molecule has 0 spiro atoms. The monoisotopic (exact) mass is 242 g/mol. The maximum absolute atomic E-state index is 12.8. The third-order valence-electron chi connectivity index (χ3n) is 2.55. The van der Waals surface area contributed by atoms with Gasteiger partial charge in [0.25, 0.3) is 0 Å². The second-order valence-electron chi connectivity index (χ2n) is 3.56. The van der Waals surface area contributed by atoms with Crippen LogP contribution in [0.25, 0.3) is 11.3 Å². The Balaban J connectivity index is 2.51. The minimum atomic E-state index is -4.42. The first-order valence-electron chi connectivity index (χ1n) is 4.76. The smallest absolute Gasteiger partial charge is 0.229 e. The lowest BCUT2D eigenvalue weighted by atomic mass is 10.4. The molecule has 0 bridgehead atoms. The summed E-state index contributed by atoms with van der Waals surface area (Å²) in [7, 11) is 1.51. The first kappa shape index (κ1) is 10.1. The Hall–Kier alpha value is -2.12. The summed E-state index contributed by atoms with van der Waals surface area (Å²) < 4.78 is 41.9. The molecule has 0 aliphatic rings. The van der Waals surface area contributed by atoms with Crippen molar-refractivity contribution < 1.29 is 17.8 Å². The van der Waals surface area contributed by atoms with Gasteiger partial charge in [0.05, 0.1) is 13.2 Å². The van der Waals surface area contributed by atoms with Crippen LogP contribution < -0.4 is 4.63 Å². The minimum absolute atomic E-state index is 0.380. The van der Waals surface area contributed by atoms with Gasteiger partial charge < -0.3 is 0 Å². The van der Waals surface area contributed by atoms with Gasteiger partial charge >= 0.3 is 11.9 Å². The normalized spacial score (nSPS) is 12.7. The number of halogens is 3. The number of alkyl halides is 3. The molecule has 0 radical (unpaired) electrons. The van der Waals surface area contributed by atoms with E-state index in [0.29, 0.717) is 11.3 Å². The number of fused-ring (bicyclic) bond motifs is 3. The van der Waals surface area contributed by atoms with Gasteiger partial charge in [0.15, 0.2) is 0 Å². The Labute approximate surface area is 92.7 Å². The van der Waals surface area contributed by atoms with Crippen LogP contribution in [-0.4, -0.2) is 19.2 Å². The van der Waals surface area contributed by atoms with Gasteiger partial charge in [-0.2, -0.15) is 13.2 Å². The molecule has 0 aliphatic heterocycles. The highest BCUT2D eigenvalue weighted by atomic mass is 19.4. The van der Waals surface area contributed by atoms with Gasteiger partial charge in [-0.15, -0.1) is 4.68 Å². The highest BCUT2D eigenvalue weighted by Crippen LogP contribution is 2.26. The number of aromatic nitrogens is 5. The molecule has 0 unspecified atom stereocenters. The fourth-order valence-electron chi connectivity index (χ4n) is 1.86. The first-order valence-corrected chi connectivity index (χ1v) is 4.76. The molecule has 8 heteroatoms. The van der Waals surface area contributed by atoms with Crippen molar-refractivity contribution in [1.29, 1.82) is 0 Å². The molecule has 3 rings (SSSR count). The maximum Gasteiger partial charge on any atom is 0.483 e. The summed E-state index contributed by atoms with van der Waals surface area (Å²) in [6, 6.07) is 1.01. The van der Waals surface area contributed by atoms with Crippen molar-refractivity contribution in [3.63, 3.8) is 0 Å². The van der Waals surface area contributed by atoms with Crippen LogP contribution in [0.5, 0.6) is 0 Å². The summed E-state index contributed by atoms with van der Waals surface area (Å²) in [4.78, 5) is 8.02. The molecule has 0 N–H and O–H groups in total. The molecule has 0 aliphatic carbocycles. The molecule has 3 aromatic rings. The Bertz CT molecular complexity index is 708. The third-order valence-corrected chi connectivity index (χ3v) is 2.55. The lowest BCUT2D eigenvalue weighted by Crippen LogP contribution is -2.41. The molecular weight excluding hydrogens is 235 g/mol. The molecule has 0 atom stereocenters. The first-order chi connectivity index (χ1) is 8.00. The summed E-state index contributed by atoms with van der Waals surface area (Å²) >= 11 is 0. The van der Waals surface area contributed by atoms with Gasteiger partial charge in [0.1, 0.15) is 0 Å². The van der Waals surface area contributed by atoms with E-state index in [1.165, 1.54) is 34.8 Å². The Kier molecular flexibility index (Phi) is 1.75. The average Bonchev–Trinajstić information content (AvgIpc) is 2.80. The second-order valence-corrected chi connectivity index (χ2v) is 3.56. The molecule has 0 saturated heterocycles. The van der Waals surface area contributed by atoms with E-state index < -0.39 is 11.9 Å². The predicted octanol–water partition coefficient (Wildman–Crippen LogP) is 0.825.